The van der Waals surface area contributed by atoms with Gasteiger partial charge in [0, 0.05) is 18.9 Å². The fourth-order valence-corrected chi connectivity index (χ4v) is 1.79. The van der Waals surface area contributed by atoms with Gasteiger partial charge in [-0.3, -0.25) is 0 Å². The van der Waals surface area contributed by atoms with E-state index in [1.807, 2.05) is 18.0 Å². The van der Waals surface area contributed by atoms with E-state index in [4.69, 9.17) is 10.4 Å². The number of nitrogens with zero attached hydrogens (tertiary/aromatic N) is 4. The standard InChI is InChI=1S/C14H12N4O2/c1-18(11-4-2-3-10(5-11)6-15)8-13-12(14(19)20)7-16-9-17-13/h2-5,7,9H,8H2,1H3,(H,19,20). The fraction of sp³-hybridized carbons (Fsp3) is 0.143. The average molecular weight is 268 g/mol. The van der Waals surface area contributed by atoms with E-state index in [-0.39, 0.29) is 5.56 Å². The van der Waals surface area contributed by atoms with Crippen LogP contribution in [0.1, 0.15) is 21.6 Å². The topological polar surface area (TPSA) is 90.1 Å². The molecule has 0 aliphatic rings. The number of carbonyl (C=O) groups is 1. The van der Waals surface area contributed by atoms with Crippen molar-refractivity contribution in [3.63, 3.8) is 0 Å². The summed E-state index contributed by atoms with van der Waals surface area (Å²) in [5, 5.41) is 18.0. The summed E-state index contributed by atoms with van der Waals surface area (Å²) in [5.74, 6) is -1.06. The zero-order valence-corrected chi connectivity index (χ0v) is 10.8. The summed E-state index contributed by atoms with van der Waals surface area (Å²) in [6, 6.07) is 9.15. The van der Waals surface area contributed by atoms with E-state index in [2.05, 4.69) is 16.0 Å². The van der Waals surface area contributed by atoms with E-state index in [0.717, 1.165) is 5.69 Å². The Morgan fingerprint density at radius 1 is 1.50 bits per heavy atom. The Labute approximate surface area is 115 Å². The minimum atomic E-state index is -1.06. The molecule has 0 aliphatic heterocycles. The molecule has 2 rings (SSSR count). The van der Waals surface area contributed by atoms with Crippen molar-refractivity contribution in [1.29, 1.82) is 5.26 Å². The highest BCUT2D eigenvalue weighted by molar-refractivity contribution is 5.88. The number of hydrogen-bond donors (Lipinski definition) is 1. The zero-order chi connectivity index (χ0) is 14.5. The van der Waals surface area contributed by atoms with Crippen LogP contribution in [0.25, 0.3) is 0 Å². The van der Waals surface area contributed by atoms with Crippen molar-refractivity contribution >= 4 is 11.7 Å². The van der Waals surface area contributed by atoms with Gasteiger partial charge in [-0.25, -0.2) is 14.8 Å². The van der Waals surface area contributed by atoms with Crippen LogP contribution < -0.4 is 4.90 Å². The second kappa shape index (κ2) is 5.80. The highest BCUT2D eigenvalue weighted by Gasteiger charge is 2.13. The van der Waals surface area contributed by atoms with Crippen molar-refractivity contribution < 1.29 is 9.90 Å². The summed E-state index contributed by atoms with van der Waals surface area (Å²) in [6.07, 6.45) is 2.60. The van der Waals surface area contributed by atoms with Gasteiger partial charge in [-0.1, -0.05) is 6.07 Å². The van der Waals surface area contributed by atoms with E-state index in [1.54, 1.807) is 18.2 Å². The number of anilines is 1. The van der Waals surface area contributed by atoms with Crippen LogP contribution in [-0.2, 0) is 6.54 Å². The van der Waals surface area contributed by atoms with E-state index >= 15 is 0 Å². The van der Waals surface area contributed by atoms with Crippen molar-refractivity contribution in [1.82, 2.24) is 9.97 Å². The van der Waals surface area contributed by atoms with Crippen LogP contribution in [0.2, 0.25) is 0 Å². The molecule has 0 radical (unpaired) electrons. The van der Waals surface area contributed by atoms with Gasteiger partial charge < -0.3 is 10.0 Å². The third-order valence-electron chi connectivity index (χ3n) is 2.83. The minimum Gasteiger partial charge on any atom is -0.478 e. The quantitative estimate of drug-likeness (QED) is 0.907. The molecule has 0 aliphatic carbocycles. The molecule has 20 heavy (non-hydrogen) atoms. The molecular formula is C14H12N4O2. The zero-order valence-electron chi connectivity index (χ0n) is 10.8. The van der Waals surface area contributed by atoms with Crippen molar-refractivity contribution in [2.75, 3.05) is 11.9 Å². The Hall–Kier alpha value is -2.94. The maximum absolute atomic E-state index is 11.1. The molecule has 0 fully saturated rings. The number of hydrogen-bond acceptors (Lipinski definition) is 5. The summed E-state index contributed by atoms with van der Waals surface area (Å²) >= 11 is 0. The maximum atomic E-state index is 11.1. The third-order valence-corrected chi connectivity index (χ3v) is 2.83. The van der Waals surface area contributed by atoms with Crippen LogP contribution in [0.5, 0.6) is 0 Å². The molecule has 0 spiro atoms. The van der Waals surface area contributed by atoms with E-state index in [1.165, 1.54) is 12.5 Å². The Balaban J connectivity index is 2.26. The molecule has 1 aromatic carbocycles. The second-order valence-electron chi connectivity index (χ2n) is 4.21. The van der Waals surface area contributed by atoms with Crippen LogP contribution in [0, 0.1) is 11.3 Å². The van der Waals surface area contributed by atoms with E-state index < -0.39 is 5.97 Å². The number of carboxylic acid groups (broad SMARTS) is 1. The summed E-state index contributed by atoms with van der Waals surface area (Å²) in [7, 11) is 1.81. The highest BCUT2D eigenvalue weighted by atomic mass is 16.4. The van der Waals surface area contributed by atoms with Gasteiger partial charge in [0.25, 0.3) is 0 Å². The molecule has 100 valence electrons. The first-order valence-electron chi connectivity index (χ1n) is 5.85. The number of aromatic nitrogens is 2. The van der Waals surface area contributed by atoms with Gasteiger partial charge in [-0.15, -0.1) is 0 Å². The Morgan fingerprint density at radius 2 is 2.30 bits per heavy atom. The lowest BCUT2D eigenvalue weighted by molar-refractivity contribution is 0.0694. The van der Waals surface area contributed by atoms with Crippen molar-refractivity contribution in [2.45, 2.75) is 6.54 Å². The van der Waals surface area contributed by atoms with Gasteiger partial charge in [0.2, 0.25) is 0 Å². The molecule has 1 N–H and O–H groups in total. The lowest BCUT2D eigenvalue weighted by Crippen LogP contribution is -2.20. The average Bonchev–Trinajstić information content (AvgIpc) is 2.47. The molecule has 1 heterocycles. The number of aromatic carboxylic acids is 1. The first-order valence-corrected chi connectivity index (χ1v) is 5.85. The molecule has 0 bridgehead atoms. The van der Waals surface area contributed by atoms with Gasteiger partial charge in [0.1, 0.15) is 11.9 Å². The second-order valence-corrected chi connectivity index (χ2v) is 4.21. The number of carboxylic acids is 1. The molecule has 2 aromatic rings. The fourth-order valence-electron chi connectivity index (χ4n) is 1.79. The molecule has 0 atom stereocenters. The van der Waals surface area contributed by atoms with Crippen LogP contribution >= 0.6 is 0 Å². The lowest BCUT2D eigenvalue weighted by Gasteiger charge is -2.19. The third kappa shape index (κ3) is 2.90. The lowest BCUT2D eigenvalue weighted by atomic mass is 10.2. The largest absolute Gasteiger partial charge is 0.478 e. The molecule has 0 saturated heterocycles. The molecule has 0 amide bonds. The van der Waals surface area contributed by atoms with Crippen molar-refractivity contribution in [3.8, 4) is 6.07 Å². The van der Waals surface area contributed by atoms with Crippen LogP contribution in [-0.4, -0.2) is 28.1 Å². The Morgan fingerprint density at radius 3 is 3.00 bits per heavy atom. The van der Waals surface area contributed by atoms with Crippen LogP contribution in [0.15, 0.2) is 36.8 Å². The number of nitriles is 1. The molecular weight excluding hydrogens is 256 g/mol. The van der Waals surface area contributed by atoms with E-state index in [0.29, 0.717) is 17.8 Å². The Bertz CT molecular complexity index is 679. The Kier molecular flexibility index (Phi) is 3.91. The molecule has 0 saturated carbocycles. The first-order chi connectivity index (χ1) is 9.61. The molecule has 6 heteroatoms. The van der Waals surface area contributed by atoms with Crippen molar-refractivity contribution in [3.05, 3.63) is 53.6 Å². The van der Waals surface area contributed by atoms with E-state index in [9.17, 15) is 4.79 Å². The van der Waals surface area contributed by atoms with Crippen LogP contribution in [0.4, 0.5) is 5.69 Å². The van der Waals surface area contributed by atoms with Gasteiger partial charge in [-0.2, -0.15) is 5.26 Å². The van der Waals surface area contributed by atoms with Crippen molar-refractivity contribution in [2.24, 2.45) is 0 Å². The van der Waals surface area contributed by atoms with Crippen LogP contribution in [0.3, 0.4) is 0 Å². The predicted octanol–water partition coefficient (Wildman–Crippen LogP) is 1.68. The summed E-state index contributed by atoms with van der Waals surface area (Å²) in [4.78, 5) is 20.7. The number of benzene rings is 1. The van der Waals surface area contributed by atoms with Gasteiger partial charge in [0.05, 0.1) is 23.9 Å². The summed E-state index contributed by atoms with van der Waals surface area (Å²) in [6.45, 7) is 0.318. The van der Waals surface area contributed by atoms with Gasteiger partial charge in [0.15, 0.2) is 0 Å². The monoisotopic (exact) mass is 268 g/mol. The van der Waals surface area contributed by atoms with Gasteiger partial charge in [-0.05, 0) is 18.2 Å². The minimum absolute atomic E-state index is 0.0794. The highest BCUT2D eigenvalue weighted by Crippen LogP contribution is 2.17. The SMILES string of the molecule is CN(Cc1ncncc1C(=O)O)c1cccc(C#N)c1. The maximum Gasteiger partial charge on any atom is 0.339 e. The molecule has 1 aromatic heterocycles. The molecule has 6 nitrogen and oxygen atoms in total. The first kappa shape index (κ1) is 13.5. The normalized spacial score (nSPS) is 9.80. The summed E-state index contributed by atoms with van der Waals surface area (Å²) < 4.78 is 0. The number of rotatable bonds is 4. The molecule has 0 unspecified atom stereocenters. The van der Waals surface area contributed by atoms with Gasteiger partial charge >= 0.3 is 5.97 Å². The predicted molar refractivity (Wildman–Crippen MR) is 72.3 cm³/mol. The smallest absolute Gasteiger partial charge is 0.339 e. The summed E-state index contributed by atoms with van der Waals surface area (Å²) in [5.41, 5.74) is 1.88.